The lowest BCUT2D eigenvalue weighted by Gasteiger charge is -2.42. The standard InChI is InChI=1S/C36H64O15/c1-5-35(3,49-19-25-9-30(42)34(44)32(14-38)51-25)11-21-15-46-23(7-27(21)39)17-45-20-26-29(41)8-24(50-31(26)13-37)18-48-36(4,6-2)12-22-16-47-33(43)10-28(22)40/h15-16,21-34,37-44H,5-14,17-20H2,1-4H3/t21-,22-,23-,24-,25-,26-,27?,28?,29-,30-,31?,32?,33-,34+,35?,36?/m1/s1. The van der Waals surface area contributed by atoms with Crippen LogP contribution in [0, 0.1) is 31.0 Å². The maximum absolute atomic E-state index is 11.0. The van der Waals surface area contributed by atoms with E-state index in [1.165, 1.54) is 6.61 Å². The molecule has 0 bridgehead atoms. The van der Waals surface area contributed by atoms with E-state index in [1.807, 2.05) is 27.7 Å². The molecule has 0 amide bonds. The quantitative estimate of drug-likeness (QED) is 0.0924. The molecule has 4 aliphatic rings. The van der Waals surface area contributed by atoms with Gasteiger partial charge in [-0.05, 0) is 39.5 Å². The molecule has 4 fully saturated rings. The van der Waals surface area contributed by atoms with Gasteiger partial charge in [-0.15, -0.1) is 0 Å². The number of rotatable bonds is 18. The molecule has 4 heterocycles. The molecule has 0 aliphatic carbocycles. The van der Waals surface area contributed by atoms with Gasteiger partial charge in [0.15, 0.2) is 6.29 Å². The molecule has 15 heteroatoms. The van der Waals surface area contributed by atoms with E-state index in [1.54, 1.807) is 6.61 Å². The normalized spacial score (nSPS) is 41.9. The summed E-state index contributed by atoms with van der Waals surface area (Å²) in [4.78, 5) is 0. The van der Waals surface area contributed by atoms with Crippen LogP contribution in [0.2, 0.25) is 0 Å². The lowest BCUT2D eigenvalue weighted by molar-refractivity contribution is -0.204. The Hall–Kier alpha value is -0.600. The van der Waals surface area contributed by atoms with Gasteiger partial charge in [-0.1, -0.05) is 13.8 Å². The lowest BCUT2D eigenvalue weighted by atomic mass is 9.83. The van der Waals surface area contributed by atoms with E-state index in [0.717, 1.165) is 0 Å². The average molecular weight is 737 g/mol. The summed E-state index contributed by atoms with van der Waals surface area (Å²) >= 11 is 0. The maximum Gasteiger partial charge on any atom is 0.157 e. The summed E-state index contributed by atoms with van der Waals surface area (Å²) < 4.78 is 41.4. The van der Waals surface area contributed by atoms with Crippen LogP contribution in [0.15, 0.2) is 0 Å². The Labute approximate surface area is 302 Å². The smallest absolute Gasteiger partial charge is 0.157 e. The van der Waals surface area contributed by atoms with Gasteiger partial charge in [-0.25, -0.2) is 0 Å². The summed E-state index contributed by atoms with van der Waals surface area (Å²) in [6.07, 6.45) is -5.09. The molecule has 15 nitrogen and oxygen atoms in total. The molecule has 0 saturated carbocycles. The third-order valence-electron chi connectivity index (χ3n) is 11.3. The van der Waals surface area contributed by atoms with Crippen molar-refractivity contribution < 1.29 is 74.0 Å². The second-order valence-corrected chi connectivity index (χ2v) is 15.4. The maximum atomic E-state index is 11.0. The third kappa shape index (κ3) is 12.2. The van der Waals surface area contributed by atoms with E-state index in [2.05, 4.69) is 0 Å². The fraction of sp³-hybridized carbons (Fsp3) is 0.944. The second kappa shape index (κ2) is 19.8. The third-order valence-corrected chi connectivity index (χ3v) is 11.3. The van der Waals surface area contributed by atoms with Crippen molar-refractivity contribution in [2.45, 2.75) is 158 Å². The number of hydrogen-bond acceptors (Lipinski definition) is 15. The topological polar surface area (TPSA) is 226 Å². The van der Waals surface area contributed by atoms with Crippen LogP contribution in [-0.4, -0.2) is 159 Å². The van der Waals surface area contributed by atoms with Gasteiger partial charge in [0, 0.05) is 43.4 Å². The molecule has 0 spiro atoms. The molecule has 2 radical (unpaired) electrons. The average Bonchev–Trinajstić information content (AvgIpc) is 3.10. The van der Waals surface area contributed by atoms with Crippen molar-refractivity contribution in [1.29, 1.82) is 0 Å². The zero-order chi connectivity index (χ0) is 37.3. The van der Waals surface area contributed by atoms with Crippen LogP contribution in [0.4, 0.5) is 0 Å². The molecule has 8 N–H and O–H groups in total. The van der Waals surface area contributed by atoms with Gasteiger partial charge in [-0.3, -0.25) is 0 Å². The van der Waals surface area contributed by atoms with E-state index in [0.29, 0.717) is 38.5 Å². The Kier molecular flexibility index (Phi) is 16.8. The first-order valence-electron chi connectivity index (χ1n) is 18.7. The fourth-order valence-electron chi connectivity index (χ4n) is 7.43. The largest absolute Gasteiger partial charge is 0.394 e. The predicted octanol–water partition coefficient (Wildman–Crippen LogP) is -0.0423. The van der Waals surface area contributed by atoms with Crippen LogP contribution in [0.5, 0.6) is 0 Å². The summed E-state index contributed by atoms with van der Waals surface area (Å²) in [6.45, 7) is 10.9. The molecule has 4 saturated heterocycles. The van der Waals surface area contributed by atoms with Crippen LogP contribution < -0.4 is 0 Å². The predicted molar refractivity (Wildman–Crippen MR) is 180 cm³/mol. The second-order valence-electron chi connectivity index (χ2n) is 15.4. The molecule has 16 atom stereocenters. The Morgan fingerprint density at radius 3 is 1.65 bits per heavy atom. The highest BCUT2D eigenvalue weighted by molar-refractivity contribution is 4.93. The Bertz CT molecular complexity index is 1010. The van der Waals surface area contributed by atoms with Gasteiger partial charge in [0.25, 0.3) is 0 Å². The van der Waals surface area contributed by atoms with Gasteiger partial charge in [-0.2, -0.15) is 0 Å². The Balaban J connectivity index is 1.17. The number of ether oxygens (including phenoxy) is 7. The minimum Gasteiger partial charge on any atom is -0.394 e. The van der Waals surface area contributed by atoms with E-state index in [4.69, 9.17) is 33.2 Å². The number of aliphatic hydroxyl groups is 8. The van der Waals surface area contributed by atoms with Gasteiger partial charge in [0.2, 0.25) is 0 Å². The van der Waals surface area contributed by atoms with Gasteiger partial charge < -0.3 is 74.0 Å². The van der Waals surface area contributed by atoms with E-state index < -0.39 is 91.1 Å². The Morgan fingerprint density at radius 1 is 0.608 bits per heavy atom. The molecule has 0 aromatic heterocycles. The molecular weight excluding hydrogens is 672 g/mol. The molecule has 0 aromatic rings. The SMILES string of the molecule is CCC(C)(C[C@@H]1[CH]O[C@@H](COC[C@H]2C(CO)O[C@@H](COC(C)(CC)C[C@@H]3[CH]O[C@@H](O)CC3O)C[C@H]2O)CC1O)OC[C@H]1C[C@@H](O)[C@H](O)C(CO)O1. The zero-order valence-corrected chi connectivity index (χ0v) is 30.6. The first-order valence-corrected chi connectivity index (χ1v) is 18.7. The monoisotopic (exact) mass is 736 g/mol. The molecule has 0 aromatic carbocycles. The van der Waals surface area contributed by atoms with Crippen LogP contribution in [0.3, 0.4) is 0 Å². The lowest BCUT2D eigenvalue weighted by Crippen LogP contribution is -2.51. The van der Waals surface area contributed by atoms with E-state index >= 15 is 0 Å². The number of aliphatic hydroxyl groups excluding tert-OH is 8. The summed E-state index contributed by atoms with van der Waals surface area (Å²) in [6, 6.07) is 0. The first kappa shape index (κ1) is 43.1. The highest BCUT2D eigenvalue weighted by Crippen LogP contribution is 2.36. The van der Waals surface area contributed by atoms with Crippen LogP contribution in [0.1, 0.15) is 79.1 Å². The van der Waals surface area contributed by atoms with Crippen molar-refractivity contribution in [1.82, 2.24) is 0 Å². The van der Waals surface area contributed by atoms with Crippen molar-refractivity contribution >= 4 is 0 Å². The van der Waals surface area contributed by atoms with Crippen molar-refractivity contribution in [2.75, 3.05) is 39.6 Å². The summed E-state index contributed by atoms with van der Waals surface area (Å²) in [5, 5.41) is 81.7. The number of hydrogen-bond donors (Lipinski definition) is 8. The van der Waals surface area contributed by atoms with Crippen LogP contribution in [0.25, 0.3) is 0 Å². The highest BCUT2D eigenvalue weighted by atomic mass is 16.6. The molecule has 4 aliphatic heterocycles. The van der Waals surface area contributed by atoms with Gasteiger partial charge >= 0.3 is 0 Å². The Morgan fingerprint density at radius 2 is 1.12 bits per heavy atom. The van der Waals surface area contributed by atoms with Crippen LogP contribution >= 0.6 is 0 Å². The summed E-state index contributed by atoms with van der Waals surface area (Å²) in [5.74, 6) is -1.07. The van der Waals surface area contributed by atoms with Crippen molar-refractivity contribution in [3.05, 3.63) is 13.2 Å². The molecule has 6 unspecified atom stereocenters. The molecule has 298 valence electrons. The molecule has 4 rings (SSSR count). The zero-order valence-electron chi connectivity index (χ0n) is 30.6. The highest BCUT2D eigenvalue weighted by Gasteiger charge is 2.42. The summed E-state index contributed by atoms with van der Waals surface area (Å²) in [7, 11) is 0. The van der Waals surface area contributed by atoms with Crippen molar-refractivity contribution in [3.8, 4) is 0 Å². The fourth-order valence-corrected chi connectivity index (χ4v) is 7.43. The first-order chi connectivity index (χ1) is 24.2. The van der Waals surface area contributed by atoms with Gasteiger partial charge in [0.05, 0.1) is 113 Å². The van der Waals surface area contributed by atoms with Crippen LogP contribution in [-0.2, 0) is 33.2 Å². The van der Waals surface area contributed by atoms with Crippen molar-refractivity contribution in [2.24, 2.45) is 17.8 Å². The van der Waals surface area contributed by atoms with E-state index in [-0.39, 0.29) is 57.7 Å². The van der Waals surface area contributed by atoms with Crippen molar-refractivity contribution in [3.63, 3.8) is 0 Å². The minimum atomic E-state index is -1.15. The van der Waals surface area contributed by atoms with Gasteiger partial charge in [0.1, 0.15) is 12.2 Å². The molecule has 51 heavy (non-hydrogen) atoms. The molecular formula is C36H64O15. The minimum absolute atomic E-state index is 0.126. The van der Waals surface area contributed by atoms with E-state index in [9.17, 15) is 40.9 Å². The summed E-state index contributed by atoms with van der Waals surface area (Å²) in [5.41, 5.74) is -1.23.